The van der Waals surface area contributed by atoms with E-state index in [1.165, 1.54) is 7.11 Å². The third-order valence-electron chi connectivity index (χ3n) is 2.35. The van der Waals surface area contributed by atoms with Crippen molar-refractivity contribution in [3.63, 3.8) is 0 Å². The summed E-state index contributed by atoms with van der Waals surface area (Å²) in [7, 11) is 1.39. The van der Waals surface area contributed by atoms with E-state index < -0.39 is 0 Å². The molecule has 16 heavy (non-hydrogen) atoms. The van der Waals surface area contributed by atoms with Crippen LogP contribution in [0.3, 0.4) is 0 Å². The number of carbonyl (C=O) groups is 1. The number of ether oxygens (including phenoxy) is 1. The highest BCUT2D eigenvalue weighted by molar-refractivity contribution is 9.09. The first-order valence-electron chi connectivity index (χ1n) is 5.05. The van der Waals surface area contributed by atoms with Crippen LogP contribution >= 0.6 is 27.5 Å². The number of halogens is 2. The Morgan fingerprint density at radius 1 is 1.44 bits per heavy atom. The Kier molecular flexibility index (Phi) is 5.85. The summed E-state index contributed by atoms with van der Waals surface area (Å²) in [5.74, 6) is 0.0212. The first-order chi connectivity index (χ1) is 7.74. The molecule has 0 spiro atoms. The van der Waals surface area contributed by atoms with Crippen LogP contribution in [0.4, 0.5) is 0 Å². The van der Waals surface area contributed by atoms with Crippen molar-refractivity contribution in [2.45, 2.75) is 18.7 Å². The maximum Gasteiger partial charge on any atom is 0.338 e. The molecule has 0 fully saturated rings. The Morgan fingerprint density at radius 3 is 2.69 bits per heavy atom. The molecule has 0 atom stereocenters. The summed E-state index contributed by atoms with van der Waals surface area (Å²) in [5, 5.41) is 0.915. The van der Waals surface area contributed by atoms with Crippen LogP contribution in [0.1, 0.15) is 27.9 Å². The van der Waals surface area contributed by atoms with Gasteiger partial charge in [-0.1, -0.05) is 34.1 Å². The lowest BCUT2D eigenvalue weighted by Gasteiger charge is -2.11. The summed E-state index contributed by atoms with van der Waals surface area (Å²) < 4.78 is 4.79. The normalized spacial score (nSPS) is 10.2. The van der Waals surface area contributed by atoms with Crippen LogP contribution in [0, 0.1) is 0 Å². The smallest absolute Gasteiger partial charge is 0.338 e. The van der Waals surface area contributed by atoms with Gasteiger partial charge in [-0.25, -0.2) is 4.79 Å². The van der Waals surface area contributed by atoms with E-state index in [1.54, 1.807) is 0 Å². The Balaban J connectivity index is 3.10. The summed E-state index contributed by atoms with van der Waals surface area (Å²) >= 11 is 9.20. The predicted octanol–water partition coefficient (Wildman–Crippen LogP) is 3.54. The molecule has 0 aliphatic rings. The van der Waals surface area contributed by atoms with Crippen molar-refractivity contribution in [1.29, 1.82) is 0 Å². The molecule has 0 saturated heterocycles. The van der Waals surface area contributed by atoms with Gasteiger partial charge in [-0.05, 0) is 24.0 Å². The molecule has 0 saturated carbocycles. The van der Waals surface area contributed by atoms with E-state index in [0.717, 1.165) is 29.3 Å². The van der Waals surface area contributed by atoms with Crippen molar-refractivity contribution in [2.24, 2.45) is 0 Å². The van der Waals surface area contributed by atoms with Gasteiger partial charge < -0.3 is 4.74 Å². The highest BCUT2D eigenvalue weighted by Gasteiger charge is 2.15. The molecule has 2 nitrogen and oxygen atoms in total. The van der Waals surface area contributed by atoms with Crippen LogP contribution < -0.4 is 0 Å². The molecule has 1 aromatic carbocycles. The largest absolute Gasteiger partial charge is 0.465 e. The van der Waals surface area contributed by atoms with Crippen LogP contribution in [0.25, 0.3) is 0 Å². The molecule has 0 bridgehead atoms. The Labute approximate surface area is 109 Å². The minimum atomic E-state index is -0.305. The van der Waals surface area contributed by atoms with Gasteiger partial charge in [-0.2, -0.15) is 0 Å². The van der Waals surface area contributed by atoms with E-state index >= 15 is 0 Å². The van der Waals surface area contributed by atoms with Gasteiger partial charge in [0.15, 0.2) is 0 Å². The topological polar surface area (TPSA) is 26.3 Å². The third kappa shape index (κ3) is 3.22. The zero-order chi connectivity index (χ0) is 12.0. The number of carbonyl (C=O) groups excluding carboxylic acids is 1. The molecule has 0 aromatic heterocycles. The summed E-state index contributed by atoms with van der Waals surface area (Å²) in [6.07, 6.45) is 1.83. The monoisotopic (exact) mass is 304 g/mol. The first kappa shape index (κ1) is 13.5. The second-order valence-corrected chi connectivity index (χ2v) is 4.43. The van der Waals surface area contributed by atoms with Gasteiger partial charge >= 0.3 is 5.97 Å². The predicted molar refractivity (Wildman–Crippen MR) is 69.5 cm³/mol. The van der Waals surface area contributed by atoms with E-state index in [2.05, 4.69) is 15.9 Å². The number of hydrogen-bond donors (Lipinski definition) is 0. The minimum absolute atomic E-state index is 0.305. The quantitative estimate of drug-likeness (QED) is 0.614. The molecule has 1 aromatic rings. The van der Waals surface area contributed by atoms with Crippen molar-refractivity contribution < 1.29 is 9.53 Å². The van der Waals surface area contributed by atoms with Crippen molar-refractivity contribution in [2.75, 3.05) is 12.4 Å². The van der Waals surface area contributed by atoms with Gasteiger partial charge in [0.2, 0.25) is 0 Å². The number of methoxy groups -OCH3 is 1. The van der Waals surface area contributed by atoms with Gasteiger partial charge in [0.05, 0.1) is 12.7 Å². The summed E-state index contributed by atoms with van der Waals surface area (Å²) in [6.45, 7) is 0. The maximum absolute atomic E-state index is 11.7. The van der Waals surface area contributed by atoms with Crippen LogP contribution in [0.15, 0.2) is 18.2 Å². The average Bonchev–Trinajstić information content (AvgIpc) is 2.34. The van der Waals surface area contributed by atoms with Crippen LogP contribution in [0.2, 0.25) is 0 Å². The second-order valence-electron chi connectivity index (χ2n) is 3.37. The average molecular weight is 306 g/mol. The van der Waals surface area contributed by atoms with Crippen LogP contribution in [-0.4, -0.2) is 18.4 Å². The van der Waals surface area contributed by atoms with Gasteiger partial charge in [0, 0.05) is 11.2 Å². The molecule has 0 heterocycles. The fourth-order valence-corrected chi connectivity index (χ4v) is 2.10. The molecular weight excluding hydrogens is 291 g/mol. The van der Waals surface area contributed by atoms with Gasteiger partial charge in [-0.15, -0.1) is 11.6 Å². The number of aryl methyl sites for hydroxylation is 1. The molecule has 1 rings (SSSR count). The standard InChI is InChI=1S/C12H14BrClO2/c1-16-12(15)11-9(6-3-7-13)4-2-5-10(11)8-14/h2,4-5H,3,6-8H2,1H3. The Bertz CT molecular complexity index is 366. The SMILES string of the molecule is COC(=O)c1c(CCl)cccc1CCCBr. The molecule has 0 aliphatic carbocycles. The molecule has 0 radical (unpaired) electrons. The van der Waals surface area contributed by atoms with Gasteiger partial charge in [0.1, 0.15) is 0 Å². The number of hydrogen-bond acceptors (Lipinski definition) is 2. The minimum Gasteiger partial charge on any atom is -0.465 e. The maximum atomic E-state index is 11.7. The lowest BCUT2D eigenvalue weighted by molar-refractivity contribution is 0.0598. The lowest BCUT2D eigenvalue weighted by Crippen LogP contribution is -2.09. The summed E-state index contributed by atoms with van der Waals surface area (Å²) in [4.78, 5) is 11.7. The van der Waals surface area contributed by atoms with Crippen molar-refractivity contribution in [3.05, 3.63) is 34.9 Å². The molecule has 4 heteroatoms. The van der Waals surface area contributed by atoms with Crippen molar-refractivity contribution in [3.8, 4) is 0 Å². The van der Waals surface area contributed by atoms with Crippen LogP contribution in [0.5, 0.6) is 0 Å². The third-order valence-corrected chi connectivity index (χ3v) is 3.20. The van der Waals surface area contributed by atoms with E-state index in [1.807, 2.05) is 18.2 Å². The second kappa shape index (κ2) is 6.92. The molecular formula is C12H14BrClO2. The van der Waals surface area contributed by atoms with E-state index in [0.29, 0.717) is 11.4 Å². The molecule has 0 aliphatic heterocycles. The Hall–Kier alpha value is -0.540. The highest BCUT2D eigenvalue weighted by Crippen LogP contribution is 2.19. The van der Waals surface area contributed by atoms with Crippen molar-refractivity contribution in [1.82, 2.24) is 0 Å². The number of benzene rings is 1. The van der Waals surface area contributed by atoms with Crippen LogP contribution in [-0.2, 0) is 17.0 Å². The number of esters is 1. The molecule has 0 unspecified atom stereocenters. The molecule has 0 amide bonds. The van der Waals surface area contributed by atoms with Crippen molar-refractivity contribution >= 4 is 33.5 Å². The molecule has 0 N–H and O–H groups in total. The fourth-order valence-electron chi connectivity index (χ4n) is 1.59. The lowest BCUT2D eigenvalue weighted by atomic mass is 9.99. The highest BCUT2D eigenvalue weighted by atomic mass is 79.9. The zero-order valence-electron chi connectivity index (χ0n) is 9.13. The summed E-state index contributed by atoms with van der Waals surface area (Å²) in [5.41, 5.74) is 2.46. The fraction of sp³-hybridized carbons (Fsp3) is 0.417. The van der Waals surface area contributed by atoms with Gasteiger partial charge in [-0.3, -0.25) is 0 Å². The van der Waals surface area contributed by atoms with E-state index in [9.17, 15) is 4.79 Å². The summed E-state index contributed by atoms with van der Waals surface area (Å²) in [6, 6.07) is 5.73. The molecule has 88 valence electrons. The Morgan fingerprint density at radius 2 is 2.12 bits per heavy atom. The van der Waals surface area contributed by atoms with E-state index in [4.69, 9.17) is 16.3 Å². The van der Waals surface area contributed by atoms with E-state index in [-0.39, 0.29) is 5.97 Å². The zero-order valence-corrected chi connectivity index (χ0v) is 11.5. The van der Waals surface area contributed by atoms with Gasteiger partial charge in [0.25, 0.3) is 0 Å². The number of rotatable bonds is 5. The number of alkyl halides is 2. The first-order valence-corrected chi connectivity index (χ1v) is 6.71.